The quantitative estimate of drug-likeness (QED) is 0.318. The van der Waals surface area contributed by atoms with E-state index >= 15 is 0 Å². The van der Waals surface area contributed by atoms with E-state index in [1.165, 1.54) is 16.0 Å². The van der Waals surface area contributed by atoms with E-state index in [1.54, 1.807) is 18.4 Å². The van der Waals surface area contributed by atoms with E-state index in [0.29, 0.717) is 12.7 Å². The summed E-state index contributed by atoms with van der Waals surface area (Å²) in [5.74, 6) is 0.832. The maximum atomic E-state index is 5.98. The lowest BCUT2D eigenvalue weighted by Gasteiger charge is -2.22. The molecule has 5 nitrogen and oxygen atoms in total. The molecule has 2 N–H and O–H groups in total. The van der Waals surface area contributed by atoms with Crippen LogP contribution < -0.4 is 10.6 Å². The van der Waals surface area contributed by atoms with Crippen LogP contribution in [-0.4, -0.2) is 38.9 Å². The Hall–Kier alpha value is -1.16. The molecule has 28 heavy (non-hydrogen) atoms. The summed E-state index contributed by atoms with van der Waals surface area (Å²) in [6, 6.07) is 12.8. The van der Waals surface area contributed by atoms with Gasteiger partial charge in [-0.2, -0.15) is 0 Å². The van der Waals surface area contributed by atoms with E-state index in [0.717, 1.165) is 51.5 Å². The zero-order chi connectivity index (χ0) is 18.7. The largest absolute Gasteiger partial charge is 0.381 e. The predicted octanol–water partition coefficient (Wildman–Crippen LogP) is 3.97. The molecule has 0 saturated carbocycles. The van der Waals surface area contributed by atoms with Gasteiger partial charge in [-0.15, -0.1) is 35.3 Å². The Balaban J connectivity index is 0.00000280. The first-order chi connectivity index (χ1) is 13.3. The van der Waals surface area contributed by atoms with Gasteiger partial charge >= 0.3 is 0 Å². The molecule has 0 aliphatic carbocycles. The molecular weight excluding hydrogens is 485 g/mol. The van der Waals surface area contributed by atoms with Crippen LogP contribution in [0.4, 0.5) is 0 Å². The van der Waals surface area contributed by atoms with Crippen molar-refractivity contribution in [2.45, 2.75) is 38.5 Å². The second-order valence-corrected chi connectivity index (χ2v) is 7.65. The van der Waals surface area contributed by atoms with Gasteiger partial charge in [0.25, 0.3) is 0 Å². The molecular formula is C21H30IN3O2S. The van der Waals surface area contributed by atoms with Gasteiger partial charge in [0.1, 0.15) is 0 Å². The molecule has 0 bridgehead atoms. The minimum atomic E-state index is 0. The first kappa shape index (κ1) is 23.1. The molecule has 0 unspecified atom stereocenters. The average Bonchev–Trinajstić information content (AvgIpc) is 3.24. The Morgan fingerprint density at radius 1 is 1.14 bits per heavy atom. The molecule has 0 radical (unpaired) electrons. The van der Waals surface area contributed by atoms with Gasteiger partial charge in [0.2, 0.25) is 0 Å². The molecule has 1 fully saturated rings. The smallest absolute Gasteiger partial charge is 0.191 e. The van der Waals surface area contributed by atoms with Gasteiger partial charge in [-0.05, 0) is 41.8 Å². The lowest BCUT2D eigenvalue weighted by molar-refractivity contribution is -0.0390. The number of thiophene rings is 1. The molecule has 154 valence electrons. The van der Waals surface area contributed by atoms with Crippen LogP contribution >= 0.6 is 35.3 Å². The SMILES string of the molecule is CN=C(NCCc1cccs1)NCc1ccc(COC2CCOCC2)cc1.I. The number of rotatable bonds is 8. The average molecular weight is 515 g/mol. The van der Waals surface area contributed by atoms with E-state index < -0.39 is 0 Å². The number of guanidine groups is 1. The third-order valence-electron chi connectivity index (χ3n) is 4.60. The molecule has 0 atom stereocenters. The molecule has 2 heterocycles. The Bertz CT molecular complexity index is 686. The minimum absolute atomic E-state index is 0. The Labute approximate surface area is 189 Å². The number of benzene rings is 1. The van der Waals surface area contributed by atoms with Crippen LogP contribution in [0.2, 0.25) is 0 Å². The molecule has 0 spiro atoms. The van der Waals surface area contributed by atoms with Crippen LogP contribution in [0.1, 0.15) is 28.8 Å². The van der Waals surface area contributed by atoms with Crippen molar-refractivity contribution in [3.8, 4) is 0 Å². The van der Waals surface area contributed by atoms with Gasteiger partial charge in [-0.3, -0.25) is 4.99 Å². The summed E-state index contributed by atoms with van der Waals surface area (Å²) in [5.41, 5.74) is 2.44. The zero-order valence-corrected chi connectivity index (χ0v) is 19.5. The number of hydrogen-bond acceptors (Lipinski definition) is 4. The Kier molecular flexibility index (Phi) is 10.8. The van der Waals surface area contributed by atoms with Crippen LogP contribution in [0, 0.1) is 0 Å². The van der Waals surface area contributed by atoms with Crippen molar-refractivity contribution in [3.05, 3.63) is 57.8 Å². The van der Waals surface area contributed by atoms with Gasteiger partial charge < -0.3 is 20.1 Å². The Morgan fingerprint density at radius 2 is 1.89 bits per heavy atom. The van der Waals surface area contributed by atoms with Gasteiger partial charge in [0.15, 0.2) is 5.96 Å². The molecule has 0 amide bonds. The number of hydrogen-bond donors (Lipinski definition) is 2. The van der Waals surface area contributed by atoms with E-state index in [1.807, 2.05) is 0 Å². The van der Waals surface area contributed by atoms with Crippen LogP contribution in [0.3, 0.4) is 0 Å². The number of nitrogens with one attached hydrogen (secondary N) is 2. The second kappa shape index (κ2) is 13.1. The topological polar surface area (TPSA) is 54.9 Å². The van der Waals surface area contributed by atoms with E-state index in [-0.39, 0.29) is 24.0 Å². The molecule has 2 aromatic rings. The standard InChI is InChI=1S/C21H29N3O2S.HI/c1-22-21(23-11-8-20-3-2-14-27-20)24-15-17-4-6-18(7-5-17)16-26-19-9-12-25-13-10-19;/h2-7,14,19H,8-13,15-16H2,1H3,(H2,22,23,24);1H. The summed E-state index contributed by atoms with van der Waals surface area (Å²) in [4.78, 5) is 5.67. The number of nitrogens with zero attached hydrogens (tertiary/aromatic N) is 1. The predicted molar refractivity (Wildman–Crippen MR) is 127 cm³/mol. The molecule has 1 aromatic heterocycles. The van der Waals surface area contributed by atoms with Gasteiger partial charge in [0.05, 0.1) is 12.7 Å². The van der Waals surface area contributed by atoms with Crippen LogP contribution in [-0.2, 0) is 29.0 Å². The summed E-state index contributed by atoms with van der Waals surface area (Å²) < 4.78 is 11.3. The summed E-state index contributed by atoms with van der Waals surface area (Å²) in [6.45, 7) is 3.93. The third kappa shape index (κ3) is 8.06. The monoisotopic (exact) mass is 515 g/mol. The Morgan fingerprint density at radius 3 is 2.57 bits per heavy atom. The number of halogens is 1. The van der Waals surface area contributed by atoms with E-state index in [4.69, 9.17) is 9.47 Å². The fourth-order valence-electron chi connectivity index (χ4n) is 2.98. The summed E-state index contributed by atoms with van der Waals surface area (Å²) >= 11 is 1.79. The second-order valence-electron chi connectivity index (χ2n) is 6.62. The highest BCUT2D eigenvalue weighted by molar-refractivity contribution is 14.0. The summed E-state index contributed by atoms with van der Waals surface area (Å²) in [7, 11) is 1.80. The minimum Gasteiger partial charge on any atom is -0.381 e. The maximum absolute atomic E-state index is 5.98. The first-order valence-electron chi connectivity index (χ1n) is 9.57. The van der Waals surface area contributed by atoms with Crippen molar-refractivity contribution in [1.82, 2.24) is 10.6 Å². The van der Waals surface area contributed by atoms with Crippen LogP contribution in [0.15, 0.2) is 46.8 Å². The van der Waals surface area contributed by atoms with Crippen molar-refractivity contribution < 1.29 is 9.47 Å². The van der Waals surface area contributed by atoms with Crippen molar-refractivity contribution in [2.24, 2.45) is 4.99 Å². The van der Waals surface area contributed by atoms with Crippen molar-refractivity contribution in [3.63, 3.8) is 0 Å². The van der Waals surface area contributed by atoms with Crippen LogP contribution in [0.5, 0.6) is 0 Å². The van der Waals surface area contributed by atoms with Crippen molar-refractivity contribution >= 4 is 41.3 Å². The third-order valence-corrected chi connectivity index (χ3v) is 5.54. The fraction of sp³-hybridized carbons (Fsp3) is 0.476. The highest BCUT2D eigenvalue weighted by atomic mass is 127. The number of aliphatic imine (C=N–C) groups is 1. The van der Waals surface area contributed by atoms with E-state index in [9.17, 15) is 0 Å². The molecule has 7 heteroatoms. The van der Waals surface area contributed by atoms with E-state index in [2.05, 4.69) is 57.4 Å². The normalized spacial score (nSPS) is 15.1. The van der Waals surface area contributed by atoms with Crippen molar-refractivity contribution in [2.75, 3.05) is 26.8 Å². The lowest BCUT2D eigenvalue weighted by atomic mass is 10.1. The molecule has 1 aliphatic heterocycles. The van der Waals surface area contributed by atoms with Gasteiger partial charge in [-0.1, -0.05) is 30.3 Å². The zero-order valence-electron chi connectivity index (χ0n) is 16.4. The fourth-order valence-corrected chi connectivity index (χ4v) is 3.68. The molecule has 1 aliphatic rings. The van der Waals surface area contributed by atoms with Crippen molar-refractivity contribution in [1.29, 1.82) is 0 Å². The summed E-state index contributed by atoms with van der Waals surface area (Å²) in [5, 5.41) is 8.84. The molecule has 1 saturated heterocycles. The summed E-state index contributed by atoms with van der Waals surface area (Å²) in [6.07, 6.45) is 3.35. The first-order valence-corrected chi connectivity index (χ1v) is 10.5. The van der Waals surface area contributed by atoms with Crippen LogP contribution in [0.25, 0.3) is 0 Å². The molecule has 3 rings (SSSR count). The number of ether oxygens (including phenoxy) is 2. The van der Waals surface area contributed by atoms with Gasteiger partial charge in [0, 0.05) is 38.2 Å². The molecule has 1 aromatic carbocycles. The van der Waals surface area contributed by atoms with Gasteiger partial charge in [-0.25, -0.2) is 0 Å². The highest BCUT2D eigenvalue weighted by Gasteiger charge is 2.13. The maximum Gasteiger partial charge on any atom is 0.191 e. The highest BCUT2D eigenvalue weighted by Crippen LogP contribution is 2.14. The lowest BCUT2D eigenvalue weighted by Crippen LogP contribution is -2.37.